The Morgan fingerprint density at radius 1 is 1.02 bits per heavy atom. The molecule has 0 unspecified atom stereocenters. The van der Waals surface area contributed by atoms with Crippen molar-refractivity contribution >= 4 is 15.9 Å². The molecule has 3 aromatic carbocycles. The molecule has 7 nitrogen and oxygen atoms in total. The Balaban J connectivity index is 1.52. The number of fused-ring (bicyclic) bond motifs is 1. The monoisotopic (exact) mass is 603 g/mol. The molecule has 0 aromatic heterocycles. The van der Waals surface area contributed by atoms with Gasteiger partial charge in [0, 0.05) is 30.5 Å². The number of aryl methyl sites for hydroxylation is 1. The van der Waals surface area contributed by atoms with Crippen molar-refractivity contribution in [2.45, 2.75) is 75.8 Å². The summed E-state index contributed by atoms with van der Waals surface area (Å²) in [6.07, 6.45) is -4.44. The molecule has 0 fully saturated rings. The minimum absolute atomic E-state index is 0.0514. The number of carbonyl (C=O) groups excluding carboxylic acids is 1. The van der Waals surface area contributed by atoms with E-state index in [2.05, 4.69) is 36.1 Å². The first-order valence-corrected chi connectivity index (χ1v) is 15.2. The van der Waals surface area contributed by atoms with E-state index in [1.165, 1.54) is 6.92 Å². The first kappa shape index (κ1) is 31.5. The maximum atomic E-state index is 13.5. The van der Waals surface area contributed by atoms with Gasteiger partial charge >= 0.3 is 6.18 Å². The number of halogens is 3. The zero-order valence-electron chi connectivity index (χ0n) is 24.0. The molecule has 0 bridgehead atoms. The Kier molecular flexibility index (Phi) is 9.34. The number of nitrogens with one attached hydrogen (secondary N) is 3. The van der Waals surface area contributed by atoms with Crippen LogP contribution in [0, 0.1) is 6.92 Å². The lowest BCUT2D eigenvalue weighted by molar-refractivity contribution is -0.138. The van der Waals surface area contributed by atoms with Crippen LogP contribution >= 0.6 is 0 Å². The molecule has 42 heavy (non-hydrogen) atoms. The predicted molar refractivity (Wildman–Crippen MR) is 154 cm³/mol. The summed E-state index contributed by atoms with van der Waals surface area (Å²) in [4.78, 5) is 12.8. The number of alkyl halides is 3. The van der Waals surface area contributed by atoms with Crippen molar-refractivity contribution in [2.75, 3.05) is 6.61 Å². The zero-order chi connectivity index (χ0) is 30.7. The SMILES string of the molecule is Cc1ccc(S(=O)(=O)N[C@H](CC(=O)N[C@@H]2CCOc3cc(CNC(C)(C)C)ccc32)c2ccccc2)cc1C(F)(F)F. The molecule has 0 saturated carbocycles. The van der Waals surface area contributed by atoms with Crippen LogP contribution in [0.1, 0.15) is 73.5 Å². The number of rotatable bonds is 9. The van der Waals surface area contributed by atoms with Crippen molar-refractivity contribution < 1.29 is 31.1 Å². The second-order valence-electron chi connectivity index (χ2n) is 11.5. The summed E-state index contributed by atoms with van der Waals surface area (Å²) in [7, 11) is -4.41. The van der Waals surface area contributed by atoms with Crippen molar-refractivity contribution in [3.05, 3.63) is 94.5 Å². The summed E-state index contributed by atoms with van der Waals surface area (Å²) in [5, 5.41) is 6.43. The number of hydrogen-bond donors (Lipinski definition) is 3. The summed E-state index contributed by atoms with van der Waals surface area (Å²) >= 11 is 0. The Bertz CT molecular complexity index is 1520. The van der Waals surface area contributed by atoms with E-state index in [-0.39, 0.29) is 23.6 Å². The Hall–Kier alpha value is -3.41. The van der Waals surface area contributed by atoms with E-state index in [9.17, 15) is 26.4 Å². The average molecular weight is 604 g/mol. The van der Waals surface area contributed by atoms with Gasteiger partial charge in [0.25, 0.3) is 0 Å². The minimum atomic E-state index is -4.71. The molecule has 11 heteroatoms. The lowest BCUT2D eigenvalue weighted by Crippen LogP contribution is -2.37. The van der Waals surface area contributed by atoms with Crippen molar-refractivity contribution in [3.63, 3.8) is 0 Å². The zero-order valence-corrected chi connectivity index (χ0v) is 24.8. The second-order valence-corrected chi connectivity index (χ2v) is 13.2. The van der Waals surface area contributed by atoms with E-state index < -0.39 is 38.6 Å². The third-order valence-electron chi connectivity index (χ3n) is 6.99. The van der Waals surface area contributed by atoms with E-state index in [1.807, 2.05) is 18.2 Å². The number of carbonyl (C=O) groups is 1. The highest BCUT2D eigenvalue weighted by molar-refractivity contribution is 7.89. The number of hydrogen-bond acceptors (Lipinski definition) is 5. The van der Waals surface area contributed by atoms with Gasteiger partial charge in [-0.1, -0.05) is 48.5 Å². The Morgan fingerprint density at radius 3 is 2.40 bits per heavy atom. The summed E-state index contributed by atoms with van der Waals surface area (Å²) < 4.78 is 75.3. The lowest BCUT2D eigenvalue weighted by Gasteiger charge is -2.28. The topological polar surface area (TPSA) is 96.5 Å². The van der Waals surface area contributed by atoms with E-state index in [4.69, 9.17) is 4.74 Å². The number of benzene rings is 3. The van der Waals surface area contributed by atoms with Gasteiger partial charge in [0.1, 0.15) is 5.75 Å². The maximum absolute atomic E-state index is 13.5. The van der Waals surface area contributed by atoms with Crippen LogP contribution in [0.5, 0.6) is 5.75 Å². The van der Waals surface area contributed by atoms with Gasteiger partial charge in [0.15, 0.2) is 0 Å². The van der Waals surface area contributed by atoms with Crippen LogP contribution in [-0.4, -0.2) is 26.5 Å². The fraction of sp³-hybridized carbons (Fsp3) is 0.387. The minimum Gasteiger partial charge on any atom is -0.493 e. The number of sulfonamides is 1. The molecule has 1 heterocycles. The highest BCUT2D eigenvalue weighted by atomic mass is 32.2. The second kappa shape index (κ2) is 12.4. The van der Waals surface area contributed by atoms with Crippen molar-refractivity contribution in [3.8, 4) is 5.75 Å². The molecule has 2 atom stereocenters. The largest absolute Gasteiger partial charge is 0.493 e. The number of amides is 1. The molecule has 3 aromatic rings. The Labute approximate surface area is 244 Å². The van der Waals surface area contributed by atoms with Gasteiger partial charge in [-0.25, -0.2) is 13.1 Å². The normalized spacial score (nSPS) is 16.3. The molecule has 3 N–H and O–H groups in total. The van der Waals surface area contributed by atoms with Crippen molar-refractivity contribution in [1.82, 2.24) is 15.4 Å². The molecule has 0 saturated heterocycles. The molecule has 226 valence electrons. The quantitative estimate of drug-likeness (QED) is 0.281. The van der Waals surface area contributed by atoms with E-state index in [0.29, 0.717) is 37.0 Å². The van der Waals surface area contributed by atoms with Gasteiger partial charge in [0.2, 0.25) is 15.9 Å². The summed E-state index contributed by atoms with van der Waals surface area (Å²) in [5.74, 6) is 0.266. The van der Waals surface area contributed by atoms with Gasteiger partial charge in [-0.3, -0.25) is 4.79 Å². The molecule has 1 aliphatic rings. The van der Waals surface area contributed by atoms with Crippen LogP contribution in [0.25, 0.3) is 0 Å². The number of ether oxygens (including phenoxy) is 1. The molecule has 0 spiro atoms. The Morgan fingerprint density at radius 2 is 1.74 bits per heavy atom. The van der Waals surface area contributed by atoms with Crippen LogP contribution in [0.4, 0.5) is 13.2 Å². The van der Waals surface area contributed by atoms with Gasteiger partial charge in [-0.15, -0.1) is 0 Å². The molecule has 4 rings (SSSR count). The van der Waals surface area contributed by atoms with Gasteiger partial charge < -0.3 is 15.4 Å². The summed E-state index contributed by atoms with van der Waals surface area (Å²) in [5.41, 5.74) is 1.20. The first-order valence-electron chi connectivity index (χ1n) is 13.7. The standard InChI is InChI=1S/C31H36F3N3O4S/c1-20-10-12-23(17-25(20)31(32,33)34)42(39,40)37-27(22-8-6-5-7-9-22)18-29(38)36-26-14-15-41-28-16-21(11-13-24(26)28)19-35-30(2,3)4/h5-13,16-17,26-27,35,37H,14-15,18-19H2,1-4H3,(H,36,38)/t26-,27-/m1/s1. The molecular formula is C31H36F3N3O4S. The predicted octanol–water partition coefficient (Wildman–Crippen LogP) is 5.95. The van der Waals surface area contributed by atoms with Crippen molar-refractivity contribution in [1.29, 1.82) is 0 Å². The molecular weight excluding hydrogens is 567 g/mol. The van der Waals surface area contributed by atoms with Crippen LogP contribution in [0.3, 0.4) is 0 Å². The van der Waals surface area contributed by atoms with Crippen LogP contribution < -0.4 is 20.1 Å². The van der Waals surface area contributed by atoms with Crippen LogP contribution in [0.15, 0.2) is 71.6 Å². The smallest absolute Gasteiger partial charge is 0.416 e. The van der Waals surface area contributed by atoms with E-state index in [0.717, 1.165) is 23.3 Å². The van der Waals surface area contributed by atoms with E-state index in [1.54, 1.807) is 30.3 Å². The molecule has 0 aliphatic carbocycles. The fourth-order valence-corrected chi connectivity index (χ4v) is 5.99. The molecule has 1 aliphatic heterocycles. The first-order chi connectivity index (χ1) is 19.6. The summed E-state index contributed by atoms with van der Waals surface area (Å²) in [6, 6.07) is 15.8. The average Bonchev–Trinajstić information content (AvgIpc) is 2.91. The summed E-state index contributed by atoms with van der Waals surface area (Å²) in [6.45, 7) is 8.56. The van der Waals surface area contributed by atoms with Gasteiger partial charge in [0.05, 0.1) is 29.1 Å². The third-order valence-corrected chi connectivity index (χ3v) is 8.46. The van der Waals surface area contributed by atoms with Gasteiger partial charge in [-0.05, 0) is 62.6 Å². The lowest BCUT2D eigenvalue weighted by atomic mass is 9.97. The molecule has 0 radical (unpaired) electrons. The highest BCUT2D eigenvalue weighted by Gasteiger charge is 2.34. The van der Waals surface area contributed by atoms with Gasteiger partial charge in [-0.2, -0.15) is 13.2 Å². The van der Waals surface area contributed by atoms with E-state index >= 15 is 0 Å². The maximum Gasteiger partial charge on any atom is 0.416 e. The fourth-order valence-electron chi connectivity index (χ4n) is 4.74. The molecule has 1 amide bonds. The van der Waals surface area contributed by atoms with Crippen molar-refractivity contribution in [2.24, 2.45) is 0 Å². The third kappa shape index (κ3) is 8.11. The van der Waals surface area contributed by atoms with Crippen LogP contribution in [-0.2, 0) is 27.5 Å². The van der Waals surface area contributed by atoms with Crippen LogP contribution in [0.2, 0.25) is 0 Å². The highest BCUT2D eigenvalue weighted by Crippen LogP contribution is 2.35.